The van der Waals surface area contributed by atoms with Gasteiger partial charge in [0.25, 0.3) is 0 Å². The van der Waals surface area contributed by atoms with Crippen molar-refractivity contribution >= 4 is 66.3 Å². The molecule has 0 N–H and O–H groups in total. The summed E-state index contributed by atoms with van der Waals surface area (Å²) in [6, 6.07) is 26.8. The van der Waals surface area contributed by atoms with Gasteiger partial charge in [-0.15, -0.1) is 0 Å². The van der Waals surface area contributed by atoms with Crippen LogP contribution in [0.3, 0.4) is 0 Å². The molecule has 6 heterocycles. The molecule has 4 nitrogen and oxygen atoms in total. The zero-order valence-corrected chi connectivity index (χ0v) is 29.3. The lowest BCUT2D eigenvalue weighted by Gasteiger charge is -2.26. The van der Waals surface area contributed by atoms with Gasteiger partial charge in [-0.25, -0.2) is 0 Å². The molecule has 0 saturated carbocycles. The number of aromatic nitrogens is 4. The Morgan fingerprint density at radius 2 is 1.02 bits per heavy atom. The fourth-order valence-corrected chi connectivity index (χ4v) is 9.03. The minimum Gasteiger partial charge on any atom is -0.317 e. The molecule has 2 aromatic carbocycles. The highest BCUT2D eigenvalue weighted by Gasteiger charge is 2.27. The minimum atomic E-state index is 0.0301. The third kappa shape index (κ3) is 5.65. The van der Waals surface area contributed by atoms with Crippen LogP contribution in [0.15, 0.2) is 107 Å². The molecule has 0 unspecified atom stereocenters. The van der Waals surface area contributed by atoms with Gasteiger partial charge >= 0.3 is 0 Å². The highest BCUT2D eigenvalue weighted by atomic mass is 32.1. The summed E-state index contributed by atoms with van der Waals surface area (Å²) in [5, 5.41) is 13.9. The van der Waals surface area contributed by atoms with Crippen molar-refractivity contribution in [2.75, 3.05) is 0 Å². The minimum absolute atomic E-state index is 0.0301. The van der Waals surface area contributed by atoms with Crippen molar-refractivity contribution in [2.24, 2.45) is 0 Å². The third-order valence-corrected chi connectivity index (χ3v) is 11.4. The van der Waals surface area contributed by atoms with Crippen LogP contribution in [0.2, 0.25) is 0 Å². The molecule has 8 aromatic rings. The van der Waals surface area contributed by atoms with E-state index in [1.165, 1.54) is 106 Å². The van der Waals surface area contributed by atoms with E-state index in [2.05, 4.69) is 110 Å². The van der Waals surface area contributed by atoms with Crippen molar-refractivity contribution in [3.8, 4) is 22.5 Å². The number of hydrogen-bond acceptors (Lipinski definition) is 4. The van der Waals surface area contributed by atoms with Gasteiger partial charge in [0.1, 0.15) is 6.17 Å². The molecule has 0 saturated heterocycles. The first kappa shape index (κ1) is 31.0. The molecule has 0 atom stereocenters. The standard InChI is InChI=1S/C42H42N4S2/c1-2-3-4-5-6-7-8-9-10-19-38(45-36-17-13-11-15-32(36)34-20-24-43-39(41(34)45)30-22-26-47-28-30)46-37-18-14-12-16-33(37)35-21-25-44-40(42(35)46)31-23-27-48-29-31/h11-18,20-29,38H,2-10,19H2,1H3. The number of para-hydroxylation sites is 2. The van der Waals surface area contributed by atoms with E-state index < -0.39 is 0 Å². The van der Waals surface area contributed by atoms with E-state index in [0.29, 0.717) is 0 Å². The lowest BCUT2D eigenvalue weighted by Crippen LogP contribution is -2.19. The maximum Gasteiger partial charge on any atom is 0.111 e. The van der Waals surface area contributed by atoms with Gasteiger partial charge in [-0.2, -0.15) is 22.7 Å². The predicted octanol–water partition coefficient (Wildman–Crippen LogP) is 13.1. The van der Waals surface area contributed by atoms with Crippen LogP contribution in [-0.4, -0.2) is 19.1 Å². The molecule has 8 rings (SSSR count). The molecule has 6 heteroatoms. The lowest BCUT2D eigenvalue weighted by atomic mass is 10.1. The van der Waals surface area contributed by atoms with Crippen molar-refractivity contribution in [3.05, 3.63) is 107 Å². The maximum atomic E-state index is 5.07. The Bertz CT molecular complexity index is 2120. The first-order valence-electron chi connectivity index (χ1n) is 17.7. The number of nitrogens with zero attached hydrogens (tertiary/aromatic N) is 4. The third-order valence-electron chi connectivity index (χ3n) is 9.99. The van der Waals surface area contributed by atoms with Crippen LogP contribution in [-0.2, 0) is 0 Å². The van der Waals surface area contributed by atoms with E-state index in [1.54, 1.807) is 22.7 Å². The highest BCUT2D eigenvalue weighted by molar-refractivity contribution is 7.08. The molecule has 0 radical (unpaired) electrons. The van der Waals surface area contributed by atoms with Gasteiger partial charge in [0.05, 0.1) is 33.5 Å². The molecular formula is C42H42N4S2. The Morgan fingerprint density at radius 3 is 1.50 bits per heavy atom. The second-order valence-corrected chi connectivity index (χ2v) is 14.6. The summed E-state index contributed by atoms with van der Waals surface area (Å²) < 4.78 is 5.26. The number of thiophene rings is 2. The SMILES string of the molecule is CCCCCCCCCCCC(n1c2ccccc2c2ccnc(-c3ccsc3)c21)n1c2ccccc2c2ccnc(-c3ccsc3)c21. The van der Waals surface area contributed by atoms with Crippen LogP contribution in [0.5, 0.6) is 0 Å². The molecule has 242 valence electrons. The second-order valence-electron chi connectivity index (χ2n) is 13.0. The van der Waals surface area contributed by atoms with Gasteiger partial charge in [-0.05, 0) is 60.0 Å². The average molecular weight is 667 g/mol. The van der Waals surface area contributed by atoms with Gasteiger partial charge in [-0.1, -0.05) is 94.7 Å². The van der Waals surface area contributed by atoms with Gasteiger partial charge in [0, 0.05) is 55.8 Å². The van der Waals surface area contributed by atoms with E-state index in [0.717, 1.165) is 24.2 Å². The van der Waals surface area contributed by atoms with Gasteiger partial charge in [0.2, 0.25) is 0 Å². The molecule has 0 bridgehead atoms. The molecule has 0 amide bonds. The fraction of sp³-hybridized carbons (Fsp3) is 0.286. The summed E-state index contributed by atoms with van der Waals surface area (Å²) in [6.07, 6.45) is 16.8. The zero-order valence-electron chi connectivity index (χ0n) is 27.6. The van der Waals surface area contributed by atoms with Crippen LogP contribution in [0.1, 0.15) is 77.3 Å². The Labute approximate surface area is 290 Å². The summed E-state index contributed by atoms with van der Waals surface area (Å²) in [4.78, 5) is 10.1. The van der Waals surface area contributed by atoms with Crippen LogP contribution in [0, 0.1) is 0 Å². The van der Waals surface area contributed by atoms with Crippen molar-refractivity contribution in [1.29, 1.82) is 0 Å². The Morgan fingerprint density at radius 1 is 0.542 bits per heavy atom. The molecule has 0 aliphatic rings. The summed E-state index contributed by atoms with van der Waals surface area (Å²) in [5.41, 5.74) is 9.40. The lowest BCUT2D eigenvalue weighted by molar-refractivity contribution is 0.418. The average Bonchev–Trinajstić information content (AvgIpc) is 3.95. The largest absolute Gasteiger partial charge is 0.317 e. The topological polar surface area (TPSA) is 35.6 Å². The summed E-state index contributed by atoms with van der Waals surface area (Å²) in [7, 11) is 0. The van der Waals surface area contributed by atoms with Gasteiger partial charge < -0.3 is 9.13 Å². The molecule has 6 aromatic heterocycles. The van der Waals surface area contributed by atoms with Crippen molar-refractivity contribution in [3.63, 3.8) is 0 Å². The number of unbranched alkanes of at least 4 members (excludes halogenated alkanes) is 8. The molecular weight excluding hydrogens is 625 g/mol. The van der Waals surface area contributed by atoms with Crippen molar-refractivity contribution in [2.45, 2.75) is 77.3 Å². The molecule has 0 aliphatic carbocycles. The Kier molecular flexibility index (Phi) is 9.10. The molecule has 48 heavy (non-hydrogen) atoms. The second kappa shape index (κ2) is 14.1. The van der Waals surface area contributed by atoms with E-state index in [4.69, 9.17) is 9.97 Å². The number of rotatable bonds is 14. The summed E-state index contributed by atoms with van der Waals surface area (Å²) in [5.74, 6) is 0. The van der Waals surface area contributed by atoms with Crippen LogP contribution < -0.4 is 0 Å². The van der Waals surface area contributed by atoms with E-state index in [-0.39, 0.29) is 6.17 Å². The van der Waals surface area contributed by atoms with E-state index in [9.17, 15) is 0 Å². The summed E-state index contributed by atoms with van der Waals surface area (Å²) in [6.45, 7) is 2.30. The first-order chi connectivity index (χ1) is 23.8. The monoisotopic (exact) mass is 666 g/mol. The number of benzene rings is 2. The molecule has 0 fully saturated rings. The number of fused-ring (bicyclic) bond motifs is 6. The summed E-state index contributed by atoms with van der Waals surface area (Å²) >= 11 is 3.46. The van der Waals surface area contributed by atoms with Crippen molar-refractivity contribution < 1.29 is 0 Å². The smallest absolute Gasteiger partial charge is 0.111 e. The van der Waals surface area contributed by atoms with Gasteiger partial charge in [0.15, 0.2) is 0 Å². The quantitative estimate of drug-likeness (QED) is 0.108. The van der Waals surface area contributed by atoms with Gasteiger partial charge in [-0.3, -0.25) is 9.97 Å². The first-order valence-corrected chi connectivity index (χ1v) is 19.5. The normalized spacial score (nSPS) is 12.0. The van der Waals surface area contributed by atoms with E-state index in [1.807, 2.05) is 12.4 Å². The van der Waals surface area contributed by atoms with Crippen LogP contribution >= 0.6 is 22.7 Å². The van der Waals surface area contributed by atoms with Crippen molar-refractivity contribution in [1.82, 2.24) is 19.1 Å². The molecule has 0 aliphatic heterocycles. The van der Waals surface area contributed by atoms with Crippen LogP contribution in [0.25, 0.3) is 66.1 Å². The Hall–Kier alpha value is -4.26. The van der Waals surface area contributed by atoms with E-state index >= 15 is 0 Å². The molecule has 0 spiro atoms. The number of hydrogen-bond donors (Lipinski definition) is 0. The fourth-order valence-electron chi connectivity index (χ4n) is 7.75. The highest BCUT2D eigenvalue weighted by Crippen LogP contribution is 2.43. The maximum absolute atomic E-state index is 5.07. The van der Waals surface area contributed by atoms with Crippen LogP contribution in [0.4, 0.5) is 0 Å². The Balaban J connectivity index is 1.34. The predicted molar refractivity (Wildman–Crippen MR) is 207 cm³/mol. The zero-order chi connectivity index (χ0) is 32.3. The number of pyridine rings is 2.